The van der Waals surface area contributed by atoms with Gasteiger partial charge in [0.15, 0.2) is 0 Å². The summed E-state index contributed by atoms with van der Waals surface area (Å²) >= 11 is 1.17. The molecular weight excluding hydrogens is 565 g/mol. The van der Waals surface area contributed by atoms with Crippen molar-refractivity contribution in [1.29, 1.82) is 0 Å². The fraction of sp³-hybridized carbons (Fsp3) is 0.348. The average Bonchev–Trinajstić information content (AvgIpc) is 3.33. The van der Waals surface area contributed by atoms with Crippen LogP contribution in [0.25, 0.3) is 10.2 Å². The second-order valence-corrected chi connectivity index (χ2v) is 11.5. The summed E-state index contributed by atoms with van der Waals surface area (Å²) in [4.78, 5) is 28.1. The zero-order valence-corrected chi connectivity index (χ0v) is 21.9. The number of sulfonamides is 1. The third-order valence-corrected chi connectivity index (χ3v) is 8.91. The van der Waals surface area contributed by atoms with E-state index in [-0.39, 0.29) is 35.7 Å². The molecular formula is C23H23F3N4O7S2. The van der Waals surface area contributed by atoms with Crippen molar-refractivity contribution >= 4 is 43.6 Å². The number of alkyl halides is 3. The van der Waals surface area contributed by atoms with Crippen molar-refractivity contribution in [1.82, 2.24) is 20.1 Å². The molecule has 16 heteroatoms. The molecule has 1 aliphatic rings. The lowest BCUT2D eigenvalue weighted by atomic mass is 9.98. The number of piperidine rings is 1. The Labute approximate surface area is 224 Å². The van der Waals surface area contributed by atoms with Crippen molar-refractivity contribution in [2.45, 2.75) is 42.6 Å². The third kappa shape index (κ3) is 6.24. The van der Waals surface area contributed by atoms with E-state index in [9.17, 15) is 36.4 Å². The number of nitrogens with zero attached hydrogens (tertiary/aromatic N) is 2. The van der Waals surface area contributed by atoms with Gasteiger partial charge in [-0.1, -0.05) is 0 Å². The number of alkyl carbamates (subject to hydrolysis) is 1. The van der Waals surface area contributed by atoms with Gasteiger partial charge in [-0.15, -0.1) is 11.3 Å². The summed E-state index contributed by atoms with van der Waals surface area (Å²) in [6.45, 7) is -0.0930. The summed E-state index contributed by atoms with van der Waals surface area (Å²) in [6.07, 6.45) is -4.73. The van der Waals surface area contributed by atoms with Gasteiger partial charge in [-0.05, 0) is 55.3 Å². The molecule has 1 saturated heterocycles. The van der Waals surface area contributed by atoms with E-state index in [2.05, 4.69) is 15.0 Å². The van der Waals surface area contributed by atoms with E-state index in [0.717, 1.165) is 23.5 Å². The van der Waals surface area contributed by atoms with Crippen LogP contribution in [0.1, 0.15) is 23.4 Å². The van der Waals surface area contributed by atoms with Crippen LogP contribution in [0.3, 0.4) is 0 Å². The number of hydrogen-bond donors (Lipinski definition) is 3. The molecule has 3 N–H and O–H groups in total. The molecule has 0 saturated carbocycles. The predicted molar refractivity (Wildman–Crippen MR) is 132 cm³/mol. The number of amides is 2. The normalized spacial score (nSPS) is 18.5. The molecule has 11 nitrogen and oxygen atoms in total. The van der Waals surface area contributed by atoms with Crippen LogP contribution in [-0.2, 0) is 32.3 Å². The maximum atomic E-state index is 13.4. The summed E-state index contributed by atoms with van der Waals surface area (Å²) in [5.41, 5.74) is 0.844. The van der Waals surface area contributed by atoms with E-state index in [4.69, 9.17) is 4.74 Å². The van der Waals surface area contributed by atoms with Gasteiger partial charge in [-0.3, -0.25) is 10.0 Å². The highest BCUT2D eigenvalue weighted by Crippen LogP contribution is 2.33. The summed E-state index contributed by atoms with van der Waals surface area (Å²) in [5, 5.41) is 12.1. The Balaban J connectivity index is 1.48. The highest BCUT2D eigenvalue weighted by atomic mass is 32.2. The van der Waals surface area contributed by atoms with Crippen LogP contribution in [-0.4, -0.2) is 60.7 Å². The third-order valence-electron chi connectivity index (χ3n) is 6.00. The summed E-state index contributed by atoms with van der Waals surface area (Å²) < 4.78 is 77.3. The average molecular weight is 589 g/mol. The molecule has 3 aromatic rings. The van der Waals surface area contributed by atoms with Gasteiger partial charge < -0.3 is 14.8 Å². The molecule has 0 aliphatic carbocycles. The molecule has 1 aromatic heterocycles. The van der Waals surface area contributed by atoms with Gasteiger partial charge >= 0.3 is 12.3 Å². The van der Waals surface area contributed by atoms with Gasteiger partial charge in [0.1, 0.15) is 23.4 Å². The van der Waals surface area contributed by atoms with Crippen molar-refractivity contribution in [3.05, 3.63) is 53.0 Å². The fourth-order valence-electron chi connectivity index (χ4n) is 4.18. The Kier molecular flexibility index (Phi) is 8.29. The predicted octanol–water partition coefficient (Wildman–Crippen LogP) is 3.28. The Morgan fingerprint density at radius 3 is 2.56 bits per heavy atom. The maximum absolute atomic E-state index is 13.4. The van der Waals surface area contributed by atoms with Gasteiger partial charge in [0.05, 0.1) is 33.8 Å². The van der Waals surface area contributed by atoms with Crippen molar-refractivity contribution in [2.24, 2.45) is 0 Å². The lowest BCUT2D eigenvalue weighted by Gasteiger charge is -2.38. The molecule has 1 aliphatic heterocycles. The lowest BCUT2D eigenvalue weighted by molar-refractivity contribution is -0.137. The molecule has 2 heterocycles. The number of hydroxylamine groups is 1. The maximum Gasteiger partial charge on any atom is 0.416 e. The number of fused-ring (bicyclic) bond motifs is 1. The van der Waals surface area contributed by atoms with E-state index in [1.54, 1.807) is 0 Å². The van der Waals surface area contributed by atoms with Crippen molar-refractivity contribution in [3.63, 3.8) is 0 Å². The molecule has 2 aromatic carbocycles. The number of benzene rings is 2. The first kappa shape index (κ1) is 28.5. The van der Waals surface area contributed by atoms with E-state index in [1.807, 2.05) is 0 Å². The van der Waals surface area contributed by atoms with Gasteiger partial charge in [-0.2, -0.15) is 17.5 Å². The zero-order chi connectivity index (χ0) is 28.4. The molecule has 1 fully saturated rings. The van der Waals surface area contributed by atoms with E-state index >= 15 is 0 Å². The molecule has 0 bridgehead atoms. The molecule has 39 heavy (non-hydrogen) atoms. The summed E-state index contributed by atoms with van der Waals surface area (Å²) in [5.74, 6) is -0.740. The van der Waals surface area contributed by atoms with E-state index in [0.29, 0.717) is 16.1 Å². The largest absolute Gasteiger partial charge is 0.486 e. The number of ether oxygens (including phenoxy) is 2. The summed E-state index contributed by atoms with van der Waals surface area (Å²) in [7, 11) is -3.12. The molecule has 2 amide bonds. The van der Waals surface area contributed by atoms with E-state index in [1.165, 1.54) is 47.1 Å². The molecule has 2 unspecified atom stereocenters. The van der Waals surface area contributed by atoms with Crippen LogP contribution in [0.15, 0.2) is 47.4 Å². The van der Waals surface area contributed by atoms with Crippen LogP contribution < -0.4 is 15.5 Å². The van der Waals surface area contributed by atoms with Crippen LogP contribution >= 0.6 is 11.3 Å². The Bertz CT molecular complexity index is 1460. The van der Waals surface area contributed by atoms with Gasteiger partial charge in [0.25, 0.3) is 5.91 Å². The number of thiazole rings is 1. The van der Waals surface area contributed by atoms with Crippen LogP contribution in [0.4, 0.5) is 18.0 Å². The quantitative estimate of drug-likeness (QED) is 0.282. The van der Waals surface area contributed by atoms with Crippen LogP contribution in [0.2, 0.25) is 0 Å². The molecule has 4 rings (SSSR count). The SMILES string of the molecule is COC(=O)NC1CCCN(S(=O)(=O)c2ccc(OCc3nc4cc(C(F)(F)F)ccc4s3)cc2)C1C(=O)NO. The number of nitrogens with one attached hydrogen (secondary N) is 2. The number of carbonyl (C=O) groups is 2. The Morgan fingerprint density at radius 2 is 1.92 bits per heavy atom. The Morgan fingerprint density at radius 1 is 1.21 bits per heavy atom. The van der Waals surface area contributed by atoms with Gasteiger partial charge in [0, 0.05) is 6.54 Å². The standard InChI is InChI=1S/C23H23F3N4O7S2/c1-36-22(32)28-16-3-2-10-30(20(16)21(31)29-33)39(34,35)15-7-5-14(6-8-15)37-12-19-27-17-11-13(23(24,25)26)4-9-18(17)38-19/h4-9,11,16,20,33H,2-3,10,12H2,1H3,(H,28,32)(H,29,31). The molecule has 0 spiro atoms. The molecule has 2 atom stereocenters. The number of carbonyl (C=O) groups excluding carboxylic acids is 2. The van der Waals surface area contributed by atoms with Gasteiger partial charge in [0.2, 0.25) is 10.0 Å². The second-order valence-electron chi connectivity index (χ2n) is 8.47. The first-order valence-electron chi connectivity index (χ1n) is 11.4. The highest BCUT2D eigenvalue weighted by molar-refractivity contribution is 7.89. The highest BCUT2D eigenvalue weighted by Gasteiger charge is 2.44. The van der Waals surface area contributed by atoms with Crippen molar-refractivity contribution in [3.8, 4) is 5.75 Å². The second kappa shape index (κ2) is 11.3. The summed E-state index contributed by atoms with van der Waals surface area (Å²) in [6, 6.07) is 6.22. The lowest BCUT2D eigenvalue weighted by Crippen LogP contribution is -2.62. The van der Waals surface area contributed by atoms with Crippen molar-refractivity contribution in [2.75, 3.05) is 13.7 Å². The minimum Gasteiger partial charge on any atom is -0.486 e. The van der Waals surface area contributed by atoms with Crippen LogP contribution in [0.5, 0.6) is 5.75 Å². The van der Waals surface area contributed by atoms with Gasteiger partial charge in [-0.25, -0.2) is 23.7 Å². The van der Waals surface area contributed by atoms with Crippen LogP contribution in [0, 0.1) is 0 Å². The number of halogens is 3. The number of rotatable bonds is 7. The Hall–Kier alpha value is -3.47. The molecule has 0 radical (unpaired) electrons. The first-order valence-corrected chi connectivity index (χ1v) is 13.7. The number of hydrogen-bond acceptors (Lipinski definition) is 9. The monoisotopic (exact) mass is 588 g/mol. The van der Waals surface area contributed by atoms with Crippen molar-refractivity contribution < 1.29 is 45.9 Å². The smallest absolute Gasteiger partial charge is 0.416 e. The van der Waals surface area contributed by atoms with E-state index < -0.39 is 45.8 Å². The zero-order valence-electron chi connectivity index (χ0n) is 20.3. The molecule has 210 valence electrons. The number of aromatic nitrogens is 1. The fourth-order valence-corrected chi connectivity index (χ4v) is 6.70. The topological polar surface area (TPSA) is 147 Å². The number of methoxy groups -OCH3 is 1. The minimum atomic E-state index is -4.48. The first-order chi connectivity index (χ1) is 18.4. The minimum absolute atomic E-state index is 0.0360.